The molecule has 1 aliphatic carbocycles. The van der Waals surface area contributed by atoms with Gasteiger partial charge >= 0.3 is 0 Å². The molecule has 2 nitrogen and oxygen atoms in total. The minimum Gasteiger partial charge on any atom is -0.370 e. The lowest BCUT2D eigenvalue weighted by atomic mass is 10.0. The molecule has 100 valence electrons. The summed E-state index contributed by atoms with van der Waals surface area (Å²) in [6.45, 7) is 2.19. The highest BCUT2D eigenvalue weighted by atomic mass is 32.1. The second-order valence-electron chi connectivity index (χ2n) is 4.94. The van der Waals surface area contributed by atoms with Crippen LogP contribution in [0.3, 0.4) is 0 Å². The van der Waals surface area contributed by atoms with Crippen LogP contribution in [0.2, 0.25) is 0 Å². The summed E-state index contributed by atoms with van der Waals surface area (Å²) in [6, 6.07) is 14.6. The second-order valence-corrected chi connectivity index (χ2v) is 5.89. The van der Waals surface area contributed by atoms with E-state index in [9.17, 15) is 0 Å². The van der Waals surface area contributed by atoms with Gasteiger partial charge in [-0.05, 0) is 17.0 Å². The SMILES string of the molecule is COC1(c2ccccc2)C(C)C1(OC)c1cccs1. The molecule has 0 spiro atoms. The number of hydrogen-bond acceptors (Lipinski definition) is 3. The van der Waals surface area contributed by atoms with E-state index in [1.54, 1.807) is 25.6 Å². The zero-order chi connectivity index (χ0) is 13.5. The highest BCUT2D eigenvalue weighted by Gasteiger charge is 2.78. The Kier molecular flexibility index (Phi) is 3.01. The van der Waals surface area contributed by atoms with Crippen LogP contribution in [0, 0.1) is 5.92 Å². The summed E-state index contributed by atoms with van der Waals surface area (Å²) in [6.07, 6.45) is 0. The van der Waals surface area contributed by atoms with Crippen LogP contribution in [0.25, 0.3) is 0 Å². The van der Waals surface area contributed by atoms with Gasteiger partial charge in [0.2, 0.25) is 0 Å². The topological polar surface area (TPSA) is 18.5 Å². The Balaban J connectivity index is 2.14. The largest absolute Gasteiger partial charge is 0.370 e. The lowest BCUT2D eigenvalue weighted by Crippen LogP contribution is -2.25. The van der Waals surface area contributed by atoms with Crippen molar-refractivity contribution >= 4 is 11.3 Å². The molecule has 1 heterocycles. The molecular weight excluding hydrogens is 256 g/mol. The Hall–Kier alpha value is -1.16. The molecule has 0 amide bonds. The number of benzene rings is 1. The van der Waals surface area contributed by atoms with Crippen LogP contribution in [-0.2, 0) is 20.7 Å². The lowest BCUT2D eigenvalue weighted by Gasteiger charge is -2.23. The fourth-order valence-electron chi connectivity index (χ4n) is 3.51. The third kappa shape index (κ3) is 1.43. The van der Waals surface area contributed by atoms with Crippen LogP contribution in [0.4, 0.5) is 0 Å². The van der Waals surface area contributed by atoms with Gasteiger partial charge in [-0.15, -0.1) is 11.3 Å². The molecule has 1 aromatic carbocycles. The third-order valence-electron chi connectivity index (χ3n) is 4.42. The van der Waals surface area contributed by atoms with Gasteiger partial charge in [0.1, 0.15) is 11.2 Å². The lowest BCUT2D eigenvalue weighted by molar-refractivity contribution is -0.0398. The molecule has 1 aliphatic rings. The van der Waals surface area contributed by atoms with Gasteiger partial charge in [0.05, 0.1) is 0 Å². The minimum absolute atomic E-state index is 0.288. The zero-order valence-electron chi connectivity index (χ0n) is 11.4. The zero-order valence-corrected chi connectivity index (χ0v) is 12.2. The molecule has 0 aliphatic heterocycles. The molecule has 0 bridgehead atoms. The van der Waals surface area contributed by atoms with Crippen LogP contribution < -0.4 is 0 Å². The summed E-state index contributed by atoms with van der Waals surface area (Å²) in [7, 11) is 3.55. The van der Waals surface area contributed by atoms with E-state index in [4.69, 9.17) is 9.47 Å². The molecule has 19 heavy (non-hydrogen) atoms. The maximum atomic E-state index is 5.96. The number of rotatable bonds is 4. The van der Waals surface area contributed by atoms with Crippen molar-refractivity contribution in [2.75, 3.05) is 14.2 Å². The minimum atomic E-state index is -0.381. The molecule has 0 saturated heterocycles. The predicted molar refractivity (Wildman–Crippen MR) is 77.3 cm³/mol. The molecule has 3 rings (SSSR count). The maximum Gasteiger partial charge on any atom is 0.141 e. The van der Waals surface area contributed by atoms with E-state index in [0.717, 1.165) is 0 Å². The van der Waals surface area contributed by atoms with E-state index >= 15 is 0 Å². The molecular formula is C16H18O2S. The van der Waals surface area contributed by atoms with Crippen LogP contribution in [-0.4, -0.2) is 14.2 Å². The van der Waals surface area contributed by atoms with Crippen molar-refractivity contribution in [3.63, 3.8) is 0 Å². The predicted octanol–water partition coefficient (Wildman–Crippen LogP) is 3.78. The number of ether oxygens (including phenoxy) is 2. The second kappa shape index (κ2) is 4.44. The van der Waals surface area contributed by atoms with Gasteiger partial charge in [-0.3, -0.25) is 0 Å². The number of thiophene rings is 1. The van der Waals surface area contributed by atoms with Gasteiger partial charge in [0.15, 0.2) is 0 Å². The van der Waals surface area contributed by atoms with Gasteiger partial charge in [-0.25, -0.2) is 0 Å². The van der Waals surface area contributed by atoms with Gasteiger partial charge in [0.25, 0.3) is 0 Å². The average molecular weight is 274 g/mol. The highest BCUT2D eigenvalue weighted by molar-refractivity contribution is 7.10. The monoisotopic (exact) mass is 274 g/mol. The molecule has 1 fully saturated rings. The van der Waals surface area contributed by atoms with Crippen molar-refractivity contribution in [1.82, 2.24) is 0 Å². The molecule has 0 radical (unpaired) electrons. The molecule has 1 aromatic heterocycles. The first-order valence-corrected chi connectivity index (χ1v) is 7.31. The maximum absolute atomic E-state index is 5.96. The first-order chi connectivity index (χ1) is 9.24. The Morgan fingerprint density at radius 2 is 1.63 bits per heavy atom. The van der Waals surface area contributed by atoms with E-state index < -0.39 is 0 Å². The molecule has 0 N–H and O–H groups in total. The summed E-state index contributed by atoms with van der Waals surface area (Å²) in [5.74, 6) is 0.288. The smallest absolute Gasteiger partial charge is 0.141 e. The molecule has 2 aromatic rings. The van der Waals surface area contributed by atoms with E-state index in [1.165, 1.54) is 10.4 Å². The summed E-state index contributed by atoms with van der Waals surface area (Å²) in [4.78, 5) is 1.23. The molecule has 3 unspecified atom stereocenters. The third-order valence-corrected chi connectivity index (χ3v) is 5.41. The number of hydrogen-bond donors (Lipinski definition) is 0. The molecule has 1 saturated carbocycles. The van der Waals surface area contributed by atoms with Gasteiger partial charge in [-0.1, -0.05) is 43.3 Å². The molecule has 3 atom stereocenters. The van der Waals surface area contributed by atoms with Crippen LogP contribution in [0.1, 0.15) is 17.4 Å². The Labute approximate surface area is 118 Å². The standard InChI is InChI=1S/C16H18O2S/c1-12-15(17-2,13-8-5-4-6-9-13)16(12,18-3)14-10-7-11-19-14/h4-12H,1-3H3. The Bertz CT molecular complexity index is 551. The quantitative estimate of drug-likeness (QED) is 0.844. The first kappa shape index (κ1) is 12.9. The summed E-state index contributed by atoms with van der Waals surface area (Å²) in [5, 5.41) is 2.09. The van der Waals surface area contributed by atoms with Crippen LogP contribution in [0.5, 0.6) is 0 Å². The van der Waals surface area contributed by atoms with Crippen molar-refractivity contribution in [2.24, 2.45) is 5.92 Å². The van der Waals surface area contributed by atoms with Crippen molar-refractivity contribution in [3.8, 4) is 0 Å². The molecule has 3 heteroatoms. The summed E-state index contributed by atoms with van der Waals surface area (Å²) >= 11 is 1.73. The summed E-state index contributed by atoms with van der Waals surface area (Å²) in [5.41, 5.74) is 0.436. The fourth-order valence-corrected chi connectivity index (χ4v) is 4.56. The van der Waals surface area contributed by atoms with Crippen molar-refractivity contribution in [2.45, 2.75) is 18.1 Å². The van der Waals surface area contributed by atoms with E-state index in [2.05, 4.69) is 48.7 Å². The van der Waals surface area contributed by atoms with E-state index in [0.29, 0.717) is 0 Å². The van der Waals surface area contributed by atoms with Gasteiger partial charge in [0, 0.05) is 25.0 Å². The Morgan fingerprint density at radius 1 is 0.947 bits per heavy atom. The van der Waals surface area contributed by atoms with Crippen molar-refractivity contribution < 1.29 is 9.47 Å². The summed E-state index contributed by atoms with van der Waals surface area (Å²) < 4.78 is 11.9. The van der Waals surface area contributed by atoms with Gasteiger partial charge < -0.3 is 9.47 Å². The highest BCUT2D eigenvalue weighted by Crippen LogP contribution is 2.71. The van der Waals surface area contributed by atoms with Crippen molar-refractivity contribution in [1.29, 1.82) is 0 Å². The normalized spacial score (nSPS) is 33.3. The Morgan fingerprint density at radius 3 is 2.16 bits per heavy atom. The van der Waals surface area contributed by atoms with E-state index in [-0.39, 0.29) is 17.1 Å². The van der Waals surface area contributed by atoms with Gasteiger partial charge in [-0.2, -0.15) is 0 Å². The van der Waals surface area contributed by atoms with Crippen LogP contribution >= 0.6 is 11.3 Å². The fraction of sp³-hybridized carbons (Fsp3) is 0.375. The first-order valence-electron chi connectivity index (χ1n) is 6.44. The number of methoxy groups -OCH3 is 2. The van der Waals surface area contributed by atoms with Crippen molar-refractivity contribution in [3.05, 3.63) is 58.3 Å². The van der Waals surface area contributed by atoms with Crippen LogP contribution in [0.15, 0.2) is 47.8 Å². The average Bonchev–Trinajstić information content (AvgIpc) is 2.83. The van der Waals surface area contributed by atoms with E-state index in [1.807, 2.05) is 6.07 Å².